The van der Waals surface area contributed by atoms with Crippen molar-refractivity contribution in [2.75, 3.05) is 6.54 Å². The van der Waals surface area contributed by atoms with Crippen LogP contribution in [0.1, 0.15) is 43.4 Å². The summed E-state index contributed by atoms with van der Waals surface area (Å²) in [7, 11) is 0. The van der Waals surface area contributed by atoms with E-state index in [0.29, 0.717) is 17.3 Å². The summed E-state index contributed by atoms with van der Waals surface area (Å²) in [6, 6.07) is 2.13. The van der Waals surface area contributed by atoms with Crippen LogP contribution in [0.5, 0.6) is 11.6 Å². The Morgan fingerprint density at radius 2 is 1.94 bits per heavy atom. The van der Waals surface area contributed by atoms with Gasteiger partial charge in [0.2, 0.25) is 5.88 Å². The minimum absolute atomic E-state index is 0.0690. The Bertz CT molecular complexity index is 1020. The molecule has 10 heteroatoms. The second kappa shape index (κ2) is 8.16. The van der Waals surface area contributed by atoms with E-state index in [2.05, 4.69) is 16.5 Å². The molecule has 0 fully saturated rings. The molecule has 0 bridgehead atoms. The fourth-order valence-corrected chi connectivity index (χ4v) is 2.99. The fourth-order valence-electron chi connectivity index (χ4n) is 2.99. The zero-order valence-corrected chi connectivity index (χ0v) is 17.2. The van der Waals surface area contributed by atoms with Gasteiger partial charge in [0.15, 0.2) is 5.82 Å². The van der Waals surface area contributed by atoms with Crippen molar-refractivity contribution in [3.05, 3.63) is 53.2 Å². The van der Waals surface area contributed by atoms with Crippen LogP contribution in [0.25, 0.3) is 6.08 Å². The molecular weight excluding hydrogens is 418 g/mol. The molecule has 0 unspecified atom stereocenters. The van der Waals surface area contributed by atoms with Gasteiger partial charge < -0.3 is 14.4 Å². The molecule has 1 aromatic carbocycles. The molecule has 3 rings (SSSR count). The van der Waals surface area contributed by atoms with Gasteiger partial charge in [-0.25, -0.2) is 14.2 Å². The standard InChI is InChI=1S/C21H21F4N3O3/c1-5-17-26-15-11-28(19(29)31-20(2,3)4)9-8-13(15)18(27-17)30-16-7-6-12(22)10-14(16)21(23,24)25/h5-7,10H,1,8-9,11H2,2-4H3. The zero-order valence-electron chi connectivity index (χ0n) is 17.2. The third-order valence-electron chi connectivity index (χ3n) is 4.33. The topological polar surface area (TPSA) is 64.6 Å². The molecule has 0 N–H and O–H groups in total. The number of carbonyl (C=O) groups is 1. The quantitative estimate of drug-likeness (QED) is 0.603. The van der Waals surface area contributed by atoms with Crippen molar-refractivity contribution < 1.29 is 31.8 Å². The van der Waals surface area contributed by atoms with Crippen molar-refractivity contribution in [1.29, 1.82) is 0 Å². The maximum absolute atomic E-state index is 13.4. The fraction of sp³-hybridized carbons (Fsp3) is 0.381. The van der Waals surface area contributed by atoms with Gasteiger partial charge in [-0.1, -0.05) is 6.58 Å². The highest BCUT2D eigenvalue weighted by Crippen LogP contribution is 2.39. The van der Waals surface area contributed by atoms with Crippen molar-refractivity contribution in [3.63, 3.8) is 0 Å². The number of amides is 1. The monoisotopic (exact) mass is 439 g/mol. The number of hydrogen-bond acceptors (Lipinski definition) is 5. The number of carbonyl (C=O) groups excluding carboxylic acids is 1. The molecule has 1 aliphatic heterocycles. The molecule has 1 amide bonds. The Hall–Kier alpha value is -3.17. The lowest BCUT2D eigenvalue weighted by Gasteiger charge is -2.31. The van der Waals surface area contributed by atoms with Crippen LogP contribution in [0.15, 0.2) is 24.8 Å². The lowest BCUT2D eigenvalue weighted by Crippen LogP contribution is -2.40. The number of aromatic nitrogens is 2. The molecule has 2 heterocycles. The number of hydrogen-bond donors (Lipinski definition) is 0. The summed E-state index contributed by atoms with van der Waals surface area (Å²) in [5.74, 6) is -1.60. The smallest absolute Gasteiger partial charge is 0.420 e. The number of nitrogens with zero attached hydrogens (tertiary/aromatic N) is 3. The molecule has 0 saturated heterocycles. The Kier molecular flexibility index (Phi) is 5.93. The lowest BCUT2D eigenvalue weighted by atomic mass is 10.1. The second-order valence-electron chi connectivity index (χ2n) is 7.91. The number of benzene rings is 1. The molecule has 1 aliphatic rings. The Balaban J connectivity index is 1.96. The van der Waals surface area contributed by atoms with Gasteiger partial charge in [0.25, 0.3) is 0 Å². The molecule has 0 radical (unpaired) electrons. The van der Waals surface area contributed by atoms with Crippen LogP contribution in [-0.2, 0) is 23.9 Å². The van der Waals surface area contributed by atoms with E-state index >= 15 is 0 Å². The normalized spacial score (nSPS) is 14.1. The van der Waals surface area contributed by atoms with Crippen molar-refractivity contribution in [2.45, 2.75) is 45.5 Å². The minimum atomic E-state index is -4.82. The van der Waals surface area contributed by atoms with Crippen LogP contribution in [0, 0.1) is 5.82 Å². The molecule has 0 spiro atoms. The molecule has 31 heavy (non-hydrogen) atoms. The Labute approximate surface area is 176 Å². The van der Waals surface area contributed by atoms with Crippen molar-refractivity contribution in [1.82, 2.24) is 14.9 Å². The predicted molar refractivity (Wildman–Crippen MR) is 104 cm³/mol. The number of rotatable bonds is 3. The molecular formula is C21H21F4N3O3. The van der Waals surface area contributed by atoms with Crippen molar-refractivity contribution in [2.24, 2.45) is 0 Å². The molecule has 0 aliphatic carbocycles. The van der Waals surface area contributed by atoms with Crippen LogP contribution in [0.2, 0.25) is 0 Å². The number of halogens is 4. The third-order valence-corrected chi connectivity index (χ3v) is 4.33. The Morgan fingerprint density at radius 3 is 2.55 bits per heavy atom. The molecule has 0 atom stereocenters. The highest BCUT2D eigenvalue weighted by molar-refractivity contribution is 5.68. The van der Waals surface area contributed by atoms with Crippen LogP contribution in [-0.4, -0.2) is 33.1 Å². The number of fused-ring (bicyclic) bond motifs is 1. The second-order valence-corrected chi connectivity index (χ2v) is 7.91. The number of alkyl halides is 3. The first-order chi connectivity index (χ1) is 14.4. The molecule has 166 valence electrons. The summed E-state index contributed by atoms with van der Waals surface area (Å²) in [4.78, 5) is 22.3. The third kappa shape index (κ3) is 5.31. The van der Waals surface area contributed by atoms with E-state index in [0.717, 1.165) is 12.1 Å². The maximum atomic E-state index is 13.4. The van der Waals surface area contributed by atoms with Gasteiger partial charge in [0.1, 0.15) is 22.7 Å². The molecule has 2 aromatic rings. The van der Waals surface area contributed by atoms with Crippen LogP contribution < -0.4 is 4.74 Å². The van der Waals surface area contributed by atoms with Crippen LogP contribution in [0.3, 0.4) is 0 Å². The first-order valence-electron chi connectivity index (χ1n) is 9.42. The zero-order chi connectivity index (χ0) is 23.0. The summed E-state index contributed by atoms with van der Waals surface area (Å²) in [5.41, 5.74) is -1.07. The van der Waals surface area contributed by atoms with Crippen molar-refractivity contribution in [3.8, 4) is 11.6 Å². The van der Waals surface area contributed by atoms with Gasteiger partial charge >= 0.3 is 12.3 Å². The van der Waals surface area contributed by atoms with Crippen LogP contribution >= 0.6 is 0 Å². The van der Waals surface area contributed by atoms with E-state index in [1.165, 1.54) is 11.0 Å². The first kappa shape index (κ1) is 22.5. The highest BCUT2D eigenvalue weighted by Gasteiger charge is 2.36. The average molecular weight is 439 g/mol. The predicted octanol–water partition coefficient (Wildman–Crippen LogP) is 5.36. The average Bonchev–Trinajstić information content (AvgIpc) is 2.66. The largest absolute Gasteiger partial charge is 0.444 e. The SMILES string of the molecule is C=Cc1nc2c(c(Oc3ccc(F)cc3C(F)(F)F)n1)CCN(C(=O)OC(C)(C)C)C2. The highest BCUT2D eigenvalue weighted by atomic mass is 19.4. The minimum Gasteiger partial charge on any atom is -0.444 e. The van der Waals surface area contributed by atoms with E-state index in [4.69, 9.17) is 9.47 Å². The van der Waals surface area contributed by atoms with Gasteiger partial charge in [0.05, 0.1) is 12.2 Å². The van der Waals surface area contributed by atoms with Gasteiger partial charge in [-0.15, -0.1) is 0 Å². The molecule has 1 aromatic heterocycles. The van der Waals surface area contributed by atoms with Gasteiger partial charge in [0, 0.05) is 12.1 Å². The summed E-state index contributed by atoms with van der Waals surface area (Å²) in [6.07, 6.45) is -3.80. The van der Waals surface area contributed by atoms with E-state index in [-0.39, 0.29) is 31.2 Å². The lowest BCUT2D eigenvalue weighted by molar-refractivity contribution is -0.138. The van der Waals surface area contributed by atoms with Gasteiger partial charge in [-0.05, 0) is 51.5 Å². The van der Waals surface area contributed by atoms with E-state index in [9.17, 15) is 22.4 Å². The maximum Gasteiger partial charge on any atom is 0.420 e. The summed E-state index contributed by atoms with van der Waals surface area (Å²) >= 11 is 0. The van der Waals surface area contributed by atoms with E-state index in [1.807, 2.05) is 0 Å². The first-order valence-corrected chi connectivity index (χ1v) is 9.42. The van der Waals surface area contributed by atoms with E-state index in [1.54, 1.807) is 20.8 Å². The summed E-state index contributed by atoms with van der Waals surface area (Å²) in [5, 5.41) is 0. The molecule has 6 nitrogen and oxygen atoms in total. The summed E-state index contributed by atoms with van der Waals surface area (Å²) in [6.45, 7) is 9.12. The van der Waals surface area contributed by atoms with Gasteiger partial charge in [-0.3, -0.25) is 0 Å². The van der Waals surface area contributed by atoms with E-state index < -0.39 is 35.0 Å². The number of ether oxygens (including phenoxy) is 2. The Morgan fingerprint density at radius 1 is 1.23 bits per heavy atom. The molecule has 0 saturated carbocycles. The van der Waals surface area contributed by atoms with Crippen molar-refractivity contribution >= 4 is 12.2 Å². The van der Waals surface area contributed by atoms with Crippen LogP contribution in [0.4, 0.5) is 22.4 Å². The van der Waals surface area contributed by atoms with Gasteiger partial charge in [-0.2, -0.15) is 18.2 Å². The summed E-state index contributed by atoms with van der Waals surface area (Å²) < 4.78 is 64.3.